The Morgan fingerprint density at radius 3 is 1.95 bits per heavy atom. The monoisotopic (exact) mass is 254 g/mol. The minimum absolute atomic E-state index is 0.750. The van der Waals surface area contributed by atoms with Gasteiger partial charge in [0, 0.05) is 0 Å². The molecule has 0 saturated heterocycles. The van der Waals surface area contributed by atoms with Gasteiger partial charge >= 0.3 is 0 Å². The minimum Gasteiger partial charge on any atom is -0.222 e. The fraction of sp³-hybridized carbons (Fsp3) is 0.0667. The highest BCUT2D eigenvalue weighted by Gasteiger charge is 2.00. The zero-order valence-corrected chi connectivity index (χ0v) is 10.3. The van der Waals surface area contributed by atoms with Crippen LogP contribution in [0.2, 0.25) is 0 Å². The van der Waals surface area contributed by atoms with Gasteiger partial charge in [-0.05, 0) is 17.6 Å². The molecule has 0 heterocycles. The van der Waals surface area contributed by atoms with Gasteiger partial charge in [0.05, 0.1) is 0 Å². The first kappa shape index (κ1) is 16.2. The SMILES string of the molecule is C=C1C=CC(c2ccccc2)=CC1.N=C=O.N=C=O. The van der Waals surface area contributed by atoms with Gasteiger partial charge in [-0.2, -0.15) is 0 Å². The zero-order chi connectivity index (χ0) is 14.5. The summed E-state index contributed by atoms with van der Waals surface area (Å²) in [6, 6.07) is 10.4. The molecule has 1 aliphatic rings. The molecule has 0 aliphatic heterocycles. The minimum atomic E-state index is 0.750. The number of allylic oxidation sites excluding steroid dienone is 5. The van der Waals surface area contributed by atoms with E-state index in [1.807, 2.05) is 6.07 Å². The van der Waals surface area contributed by atoms with Crippen LogP contribution < -0.4 is 0 Å². The van der Waals surface area contributed by atoms with Crippen LogP contribution in [0.1, 0.15) is 12.0 Å². The molecule has 0 saturated carbocycles. The molecule has 2 rings (SSSR count). The summed E-state index contributed by atoms with van der Waals surface area (Å²) in [7, 11) is 0. The summed E-state index contributed by atoms with van der Waals surface area (Å²) in [5, 5.41) is 10.8. The van der Waals surface area contributed by atoms with E-state index in [2.05, 4.69) is 49.1 Å². The van der Waals surface area contributed by atoms with Crippen LogP contribution in [0, 0.1) is 10.8 Å². The van der Waals surface area contributed by atoms with E-state index in [4.69, 9.17) is 20.4 Å². The lowest BCUT2D eigenvalue weighted by molar-refractivity contribution is 0.562. The molecule has 4 nitrogen and oxygen atoms in total. The van der Waals surface area contributed by atoms with Crippen molar-refractivity contribution in [3.8, 4) is 0 Å². The molecule has 2 N–H and O–H groups in total. The van der Waals surface area contributed by atoms with Gasteiger partial charge in [0.25, 0.3) is 0 Å². The average molecular weight is 254 g/mol. The summed E-state index contributed by atoms with van der Waals surface area (Å²) < 4.78 is 0. The van der Waals surface area contributed by atoms with Gasteiger partial charge < -0.3 is 0 Å². The maximum atomic E-state index is 8.35. The standard InChI is InChI=1S/C13H12.2CHNO/c1-11-7-9-13(10-8-11)12-5-3-2-4-6-12;2*2-1-3/h2-7,9-10H,1,8H2;2*2H. The van der Waals surface area contributed by atoms with E-state index < -0.39 is 0 Å². The molecule has 1 aliphatic carbocycles. The Balaban J connectivity index is 0.000000465. The first-order valence-corrected chi connectivity index (χ1v) is 5.38. The lowest BCUT2D eigenvalue weighted by atomic mass is 9.98. The second-order valence-corrected chi connectivity index (χ2v) is 3.43. The van der Waals surface area contributed by atoms with Crippen LogP contribution in [-0.4, -0.2) is 12.2 Å². The largest absolute Gasteiger partial charge is 0.231 e. The van der Waals surface area contributed by atoms with Gasteiger partial charge in [0.1, 0.15) is 0 Å². The van der Waals surface area contributed by atoms with E-state index in [1.165, 1.54) is 16.7 Å². The second kappa shape index (κ2) is 10.4. The summed E-state index contributed by atoms with van der Waals surface area (Å²) in [6.07, 6.45) is 8.90. The predicted octanol–water partition coefficient (Wildman–Crippen LogP) is 3.39. The van der Waals surface area contributed by atoms with Gasteiger partial charge in [-0.15, -0.1) is 0 Å². The second-order valence-electron chi connectivity index (χ2n) is 3.43. The van der Waals surface area contributed by atoms with E-state index >= 15 is 0 Å². The Bertz CT molecular complexity index is 519. The molecule has 0 amide bonds. The quantitative estimate of drug-likeness (QED) is 0.595. The molecule has 0 atom stereocenters. The zero-order valence-electron chi connectivity index (χ0n) is 10.3. The summed E-state index contributed by atoms with van der Waals surface area (Å²) in [4.78, 5) is 16.7. The normalized spacial score (nSPS) is 11.6. The topological polar surface area (TPSA) is 81.8 Å². The highest BCUT2D eigenvalue weighted by atomic mass is 16.1. The van der Waals surface area contributed by atoms with Crippen molar-refractivity contribution in [1.29, 1.82) is 10.8 Å². The lowest BCUT2D eigenvalue weighted by Gasteiger charge is -2.07. The third-order valence-electron chi connectivity index (χ3n) is 2.19. The highest BCUT2D eigenvalue weighted by molar-refractivity contribution is 5.76. The molecule has 0 bridgehead atoms. The van der Waals surface area contributed by atoms with E-state index in [1.54, 1.807) is 0 Å². The predicted molar refractivity (Wildman–Crippen MR) is 74.1 cm³/mol. The Kier molecular flexibility index (Phi) is 8.83. The molecular formula is C15H14N2O2. The molecule has 0 unspecified atom stereocenters. The molecule has 0 fully saturated rings. The van der Waals surface area contributed by atoms with E-state index in [0.29, 0.717) is 0 Å². The summed E-state index contributed by atoms with van der Waals surface area (Å²) in [5.41, 5.74) is 3.76. The fourth-order valence-electron chi connectivity index (χ4n) is 1.43. The number of carbonyl (C=O) groups excluding carboxylic acids is 2. The van der Waals surface area contributed by atoms with Gasteiger partial charge in [0.15, 0.2) is 0 Å². The molecule has 1 aromatic rings. The van der Waals surface area contributed by atoms with Crippen molar-refractivity contribution in [2.45, 2.75) is 6.42 Å². The van der Waals surface area contributed by atoms with Crippen LogP contribution in [-0.2, 0) is 9.59 Å². The third kappa shape index (κ3) is 7.18. The number of benzene rings is 1. The Morgan fingerprint density at radius 2 is 1.53 bits per heavy atom. The van der Waals surface area contributed by atoms with Gasteiger partial charge in [-0.1, -0.05) is 60.7 Å². The van der Waals surface area contributed by atoms with E-state index in [-0.39, 0.29) is 0 Å². The molecular weight excluding hydrogens is 240 g/mol. The van der Waals surface area contributed by atoms with Gasteiger partial charge in [0.2, 0.25) is 12.2 Å². The van der Waals surface area contributed by atoms with E-state index in [9.17, 15) is 0 Å². The van der Waals surface area contributed by atoms with Crippen molar-refractivity contribution in [3.05, 3.63) is 66.3 Å². The molecule has 0 spiro atoms. The third-order valence-corrected chi connectivity index (χ3v) is 2.19. The van der Waals surface area contributed by atoms with Crippen molar-refractivity contribution in [2.75, 3.05) is 0 Å². The molecule has 0 aromatic heterocycles. The molecule has 19 heavy (non-hydrogen) atoms. The number of nitrogens with one attached hydrogen (secondary N) is 2. The molecule has 4 heteroatoms. The highest BCUT2D eigenvalue weighted by Crippen LogP contribution is 2.22. The van der Waals surface area contributed by atoms with Crippen LogP contribution in [0.15, 0.2) is 60.7 Å². The van der Waals surface area contributed by atoms with Crippen molar-refractivity contribution < 1.29 is 9.59 Å². The van der Waals surface area contributed by atoms with Gasteiger partial charge in [-0.3, -0.25) is 0 Å². The van der Waals surface area contributed by atoms with Crippen LogP contribution in [0.3, 0.4) is 0 Å². The van der Waals surface area contributed by atoms with Crippen molar-refractivity contribution in [1.82, 2.24) is 0 Å². The summed E-state index contributed by atoms with van der Waals surface area (Å²) >= 11 is 0. The smallest absolute Gasteiger partial charge is 0.222 e. The Labute approximate surface area is 111 Å². The van der Waals surface area contributed by atoms with Crippen molar-refractivity contribution in [3.63, 3.8) is 0 Å². The summed E-state index contributed by atoms with van der Waals surface area (Å²) in [6.45, 7) is 3.91. The van der Waals surface area contributed by atoms with Crippen molar-refractivity contribution >= 4 is 17.7 Å². The summed E-state index contributed by atoms with van der Waals surface area (Å²) in [5.74, 6) is 0. The van der Waals surface area contributed by atoms with Crippen molar-refractivity contribution in [2.24, 2.45) is 0 Å². The number of rotatable bonds is 1. The fourth-order valence-corrected chi connectivity index (χ4v) is 1.43. The molecule has 0 radical (unpaired) electrons. The first-order chi connectivity index (χ1) is 9.19. The number of isocyanates is 2. The van der Waals surface area contributed by atoms with Gasteiger partial charge in [-0.25, -0.2) is 20.4 Å². The first-order valence-electron chi connectivity index (χ1n) is 5.38. The number of hydrogen-bond donors (Lipinski definition) is 2. The Hall–Kier alpha value is -2.80. The molecule has 96 valence electrons. The lowest BCUT2D eigenvalue weighted by Crippen LogP contribution is -1.86. The Morgan fingerprint density at radius 1 is 1.00 bits per heavy atom. The van der Waals surface area contributed by atoms with Crippen LogP contribution in [0.4, 0.5) is 0 Å². The van der Waals surface area contributed by atoms with Crippen LogP contribution in [0.25, 0.3) is 5.57 Å². The maximum absolute atomic E-state index is 8.35. The number of hydrogen-bond acceptors (Lipinski definition) is 4. The average Bonchev–Trinajstić information content (AvgIpc) is 2.42. The van der Waals surface area contributed by atoms with Crippen LogP contribution in [0.5, 0.6) is 0 Å². The van der Waals surface area contributed by atoms with Crippen LogP contribution >= 0.6 is 0 Å². The van der Waals surface area contributed by atoms with E-state index in [0.717, 1.165) is 18.6 Å². The molecule has 1 aromatic carbocycles. The maximum Gasteiger partial charge on any atom is 0.231 e.